The number of nitrogens with zero attached hydrogens (tertiary/aromatic N) is 5. The molecular formula is C17H16N6OS. The molecule has 0 atom stereocenters. The molecule has 0 saturated heterocycles. The van der Waals surface area contributed by atoms with Crippen LogP contribution in [0.2, 0.25) is 0 Å². The van der Waals surface area contributed by atoms with Crippen molar-refractivity contribution in [2.45, 2.75) is 10.9 Å². The van der Waals surface area contributed by atoms with Crippen molar-refractivity contribution in [2.24, 2.45) is 12.1 Å². The zero-order valence-electron chi connectivity index (χ0n) is 13.5. The van der Waals surface area contributed by atoms with Crippen LogP contribution in [0.4, 0.5) is 0 Å². The van der Waals surface area contributed by atoms with E-state index >= 15 is 0 Å². The number of aryl methyl sites for hydroxylation is 1. The summed E-state index contributed by atoms with van der Waals surface area (Å²) in [6.07, 6.45) is 4.84. The molecule has 126 valence electrons. The maximum Gasteiger partial charge on any atom is 0.271 e. The third-order valence-corrected chi connectivity index (χ3v) is 4.41. The van der Waals surface area contributed by atoms with E-state index in [1.165, 1.54) is 6.21 Å². The van der Waals surface area contributed by atoms with E-state index in [1.54, 1.807) is 42.5 Å². The first kappa shape index (κ1) is 16.8. The Balaban J connectivity index is 1.53. The minimum absolute atomic E-state index is 0.264. The third kappa shape index (κ3) is 4.74. The molecule has 0 aliphatic carbocycles. The number of hydrazone groups is 1. The highest BCUT2D eigenvalue weighted by molar-refractivity contribution is 7.98. The molecule has 25 heavy (non-hydrogen) atoms. The van der Waals surface area contributed by atoms with Gasteiger partial charge in [-0.05, 0) is 29.8 Å². The summed E-state index contributed by atoms with van der Waals surface area (Å²) in [5, 5.41) is 12.6. The Morgan fingerprint density at radius 1 is 1.28 bits per heavy atom. The molecule has 0 radical (unpaired) electrons. The second-order valence-corrected chi connectivity index (χ2v) is 6.11. The van der Waals surface area contributed by atoms with Gasteiger partial charge in [0, 0.05) is 24.6 Å². The molecule has 8 heteroatoms. The van der Waals surface area contributed by atoms with Gasteiger partial charge < -0.3 is 4.57 Å². The molecule has 1 aromatic carbocycles. The van der Waals surface area contributed by atoms with Crippen molar-refractivity contribution in [3.05, 3.63) is 71.8 Å². The number of hydrogen-bond acceptors (Lipinski definition) is 6. The lowest BCUT2D eigenvalue weighted by atomic mass is 10.1. The molecule has 0 fully saturated rings. The van der Waals surface area contributed by atoms with E-state index < -0.39 is 0 Å². The molecule has 1 amide bonds. The van der Waals surface area contributed by atoms with E-state index in [2.05, 4.69) is 25.7 Å². The van der Waals surface area contributed by atoms with Gasteiger partial charge in [-0.25, -0.2) is 5.43 Å². The maximum atomic E-state index is 12.1. The summed E-state index contributed by atoms with van der Waals surface area (Å²) in [4.78, 5) is 16.2. The average molecular weight is 352 g/mol. The molecule has 2 aromatic heterocycles. The lowest BCUT2D eigenvalue weighted by Crippen LogP contribution is -2.17. The molecule has 2 heterocycles. The lowest BCUT2D eigenvalue weighted by molar-refractivity contribution is 0.0955. The van der Waals surface area contributed by atoms with Crippen molar-refractivity contribution in [1.29, 1.82) is 0 Å². The molecule has 0 saturated carbocycles. The van der Waals surface area contributed by atoms with Gasteiger partial charge in [0.05, 0.1) is 11.9 Å². The zero-order valence-corrected chi connectivity index (χ0v) is 14.3. The van der Waals surface area contributed by atoms with Crippen LogP contribution in [0.5, 0.6) is 0 Å². The van der Waals surface area contributed by atoms with Gasteiger partial charge in [-0.2, -0.15) is 5.10 Å². The summed E-state index contributed by atoms with van der Waals surface area (Å²) in [5.41, 5.74) is 4.82. The van der Waals surface area contributed by atoms with E-state index in [0.29, 0.717) is 11.3 Å². The van der Waals surface area contributed by atoms with E-state index in [1.807, 2.05) is 35.9 Å². The van der Waals surface area contributed by atoms with Crippen molar-refractivity contribution in [2.75, 3.05) is 0 Å². The highest BCUT2D eigenvalue weighted by Crippen LogP contribution is 2.20. The average Bonchev–Trinajstić information content (AvgIpc) is 3.06. The third-order valence-electron chi connectivity index (χ3n) is 3.30. The highest BCUT2D eigenvalue weighted by Gasteiger charge is 2.06. The van der Waals surface area contributed by atoms with Gasteiger partial charge >= 0.3 is 0 Å². The number of carbonyl (C=O) groups is 1. The predicted octanol–water partition coefficient (Wildman–Crippen LogP) is 2.27. The molecule has 1 N–H and O–H groups in total. The number of thioether (sulfide) groups is 1. The smallest absolute Gasteiger partial charge is 0.271 e. The van der Waals surface area contributed by atoms with Crippen LogP contribution in [-0.4, -0.2) is 31.9 Å². The fourth-order valence-corrected chi connectivity index (χ4v) is 2.82. The first-order valence-corrected chi connectivity index (χ1v) is 8.51. The van der Waals surface area contributed by atoms with Crippen molar-refractivity contribution in [1.82, 2.24) is 25.2 Å². The summed E-state index contributed by atoms with van der Waals surface area (Å²) >= 11 is 1.59. The highest BCUT2D eigenvalue weighted by atomic mass is 32.2. The van der Waals surface area contributed by atoms with Gasteiger partial charge in [0.2, 0.25) is 0 Å². The van der Waals surface area contributed by atoms with Crippen molar-refractivity contribution >= 4 is 23.9 Å². The van der Waals surface area contributed by atoms with Crippen LogP contribution in [0, 0.1) is 0 Å². The SMILES string of the molecule is Cn1cnnc1SCc1ccc(C(=O)N/N=C\c2ccccn2)cc1. The van der Waals surface area contributed by atoms with Crippen molar-refractivity contribution < 1.29 is 4.79 Å². The van der Waals surface area contributed by atoms with Crippen LogP contribution in [0.15, 0.2) is 65.2 Å². The fourth-order valence-electron chi connectivity index (χ4n) is 1.98. The monoisotopic (exact) mass is 352 g/mol. The number of carbonyl (C=O) groups excluding carboxylic acids is 1. The molecule has 0 spiro atoms. The molecule has 3 rings (SSSR count). The van der Waals surface area contributed by atoms with Crippen molar-refractivity contribution in [3.8, 4) is 0 Å². The summed E-state index contributed by atoms with van der Waals surface area (Å²) in [6, 6.07) is 12.9. The first-order valence-electron chi connectivity index (χ1n) is 7.52. The second-order valence-electron chi connectivity index (χ2n) is 5.16. The van der Waals surface area contributed by atoms with Crippen LogP contribution in [-0.2, 0) is 12.8 Å². The standard InChI is InChI=1S/C17H16N6OS/c1-23-12-20-22-17(23)25-11-13-5-7-14(8-6-13)16(24)21-19-10-15-4-2-3-9-18-15/h2-10,12H,11H2,1H3,(H,21,24)/b19-10-. The van der Waals surface area contributed by atoms with Crippen LogP contribution >= 0.6 is 11.8 Å². The summed E-state index contributed by atoms with van der Waals surface area (Å²) in [7, 11) is 1.90. The van der Waals surface area contributed by atoms with Crippen LogP contribution < -0.4 is 5.43 Å². The summed E-state index contributed by atoms with van der Waals surface area (Å²) in [5.74, 6) is 0.492. The molecule has 7 nitrogen and oxygen atoms in total. The minimum atomic E-state index is -0.264. The van der Waals surface area contributed by atoms with Gasteiger partial charge in [-0.15, -0.1) is 10.2 Å². The van der Waals surface area contributed by atoms with Crippen LogP contribution in [0.1, 0.15) is 21.6 Å². The Kier molecular flexibility index (Phi) is 5.53. The molecule has 3 aromatic rings. The quantitative estimate of drug-likeness (QED) is 0.418. The number of pyridine rings is 1. The Hall–Kier alpha value is -3.00. The Morgan fingerprint density at radius 2 is 2.12 bits per heavy atom. The molecular weight excluding hydrogens is 336 g/mol. The van der Waals surface area contributed by atoms with Crippen molar-refractivity contribution in [3.63, 3.8) is 0 Å². The summed E-state index contributed by atoms with van der Waals surface area (Å²) in [6.45, 7) is 0. The first-order chi connectivity index (χ1) is 12.2. The largest absolute Gasteiger partial charge is 0.312 e. The molecule has 0 bridgehead atoms. The fraction of sp³-hybridized carbons (Fsp3) is 0.118. The van der Waals surface area contributed by atoms with Crippen LogP contribution in [0.25, 0.3) is 0 Å². The van der Waals surface area contributed by atoms with E-state index in [9.17, 15) is 4.79 Å². The number of amides is 1. The Morgan fingerprint density at radius 3 is 2.80 bits per heavy atom. The number of aromatic nitrogens is 4. The minimum Gasteiger partial charge on any atom is -0.312 e. The van der Waals surface area contributed by atoms with Gasteiger partial charge in [0.15, 0.2) is 5.16 Å². The normalized spacial score (nSPS) is 10.9. The zero-order chi connectivity index (χ0) is 17.5. The van der Waals surface area contributed by atoms with E-state index in [-0.39, 0.29) is 5.91 Å². The Labute approximate surface area is 149 Å². The second kappa shape index (κ2) is 8.20. The Bertz CT molecular complexity index is 860. The number of hydrogen-bond donors (Lipinski definition) is 1. The lowest BCUT2D eigenvalue weighted by Gasteiger charge is -2.03. The van der Waals surface area contributed by atoms with E-state index in [4.69, 9.17) is 0 Å². The molecule has 0 unspecified atom stereocenters. The molecule has 0 aliphatic heterocycles. The molecule has 0 aliphatic rings. The van der Waals surface area contributed by atoms with Gasteiger partial charge in [0.25, 0.3) is 5.91 Å². The number of rotatable bonds is 6. The maximum absolute atomic E-state index is 12.1. The number of benzene rings is 1. The van der Waals surface area contributed by atoms with Gasteiger partial charge in [0.1, 0.15) is 6.33 Å². The predicted molar refractivity (Wildman–Crippen MR) is 96.3 cm³/mol. The van der Waals surface area contributed by atoms with Gasteiger partial charge in [-0.1, -0.05) is 30.0 Å². The number of nitrogens with one attached hydrogen (secondary N) is 1. The van der Waals surface area contributed by atoms with Crippen LogP contribution in [0.3, 0.4) is 0 Å². The topological polar surface area (TPSA) is 85.1 Å². The summed E-state index contributed by atoms with van der Waals surface area (Å²) < 4.78 is 1.87. The van der Waals surface area contributed by atoms with Gasteiger partial charge in [-0.3, -0.25) is 9.78 Å². The van der Waals surface area contributed by atoms with E-state index in [0.717, 1.165) is 16.5 Å².